The molecule has 6 rings (SSSR count). The van der Waals surface area contributed by atoms with Crippen molar-refractivity contribution in [2.45, 2.75) is 86.8 Å². The van der Waals surface area contributed by atoms with Gasteiger partial charge in [0.05, 0.1) is 22.9 Å². The largest absolute Gasteiger partial charge is 0.375 e. The van der Waals surface area contributed by atoms with Gasteiger partial charge < -0.3 is 10.1 Å². The van der Waals surface area contributed by atoms with E-state index in [0.29, 0.717) is 11.6 Å². The zero-order chi connectivity index (χ0) is 19.4. The van der Waals surface area contributed by atoms with Gasteiger partial charge in [-0.2, -0.15) is 5.10 Å². The Morgan fingerprint density at radius 2 is 1.97 bits per heavy atom. The van der Waals surface area contributed by atoms with E-state index in [4.69, 9.17) is 9.72 Å². The molecule has 3 fully saturated rings. The van der Waals surface area contributed by atoms with Crippen LogP contribution in [0.15, 0.2) is 36.7 Å². The maximum Gasteiger partial charge on any atom is 0.0691 e. The quantitative estimate of drug-likeness (QED) is 0.826. The van der Waals surface area contributed by atoms with Gasteiger partial charge in [0.25, 0.3) is 0 Å². The summed E-state index contributed by atoms with van der Waals surface area (Å²) in [5.74, 6) is 0. The fourth-order valence-electron chi connectivity index (χ4n) is 6.56. The second kappa shape index (κ2) is 6.64. The maximum absolute atomic E-state index is 6.39. The fourth-order valence-corrected chi connectivity index (χ4v) is 6.56. The third kappa shape index (κ3) is 2.97. The van der Waals surface area contributed by atoms with Crippen LogP contribution in [0.5, 0.6) is 0 Å². The Bertz CT molecular complexity index is 868. The lowest BCUT2D eigenvalue weighted by atomic mass is 9.68. The van der Waals surface area contributed by atoms with Crippen LogP contribution in [0.2, 0.25) is 0 Å². The summed E-state index contributed by atoms with van der Waals surface area (Å²) >= 11 is 0. The first-order chi connectivity index (χ1) is 14.2. The molecule has 2 atom stereocenters. The highest BCUT2D eigenvalue weighted by Gasteiger charge is 2.53. The monoisotopic (exact) mass is 392 g/mol. The normalized spacial score (nSPS) is 31.4. The third-order valence-electron chi connectivity index (χ3n) is 8.26. The number of aromatic nitrogens is 3. The highest BCUT2D eigenvalue weighted by Crippen LogP contribution is 2.55. The van der Waals surface area contributed by atoms with Crippen molar-refractivity contribution >= 4 is 0 Å². The van der Waals surface area contributed by atoms with E-state index in [0.717, 1.165) is 32.4 Å². The first-order valence-electron chi connectivity index (χ1n) is 11.6. The molecule has 0 amide bonds. The first-order valence-corrected chi connectivity index (χ1v) is 11.6. The molecular formula is C24H32N4O. The van der Waals surface area contributed by atoms with E-state index >= 15 is 0 Å². The summed E-state index contributed by atoms with van der Waals surface area (Å²) in [6.07, 6.45) is 16.1. The lowest BCUT2D eigenvalue weighted by Gasteiger charge is -2.46. The van der Waals surface area contributed by atoms with Gasteiger partial charge in [-0.25, -0.2) is 0 Å². The van der Waals surface area contributed by atoms with Crippen molar-refractivity contribution in [3.8, 4) is 0 Å². The van der Waals surface area contributed by atoms with Crippen LogP contribution >= 0.6 is 0 Å². The zero-order valence-electron chi connectivity index (χ0n) is 17.3. The summed E-state index contributed by atoms with van der Waals surface area (Å²) in [5.41, 5.74) is 3.22. The summed E-state index contributed by atoms with van der Waals surface area (Å²) in [4.78, 5) is 4.84. The minimum Gasteiger partial charge on any atom is -0.375 e. The average molecular weight is 393 g/mol. The Morgan fingerprint density at radius 3 is 2.76 bits per heavy atom. The van der Waals surface area contributed by atoms with Crippen molar-refractivity contribution in [3.05, 3.63) is 48.0 Å². The van der Waals surface area contributed by atoms with Crippen molar-refractivity contribution in [2.75, 3.05) is 13.2 Å². The van der Waals surface area contributed by atoms with E-state index in [1.54, 1.807) is 0 Å². The molecule has 5 heteroatoms. The minimum absolute atomic E-state index is 0.0970. The summed E-state index contributed by atoms with van der Waals surface area (Å²) < 4.78 is 8.70. The van der Waals surface area contributed by atoms with E-state index in [1.807, 2.05) is 18.5 Å². The van der Waals surface area contributed by atoms with Crippen molar-refractivity contribution in [2.24, 2.45) is 0 Å². The number of fused-ring (bicyclic) bond motifs is 2. The molecule has 0 bridgehead atoms. The summed E-state index contributed by atoms with van der Waals surface area (Å²) in [7, 11) is 0. The molecule has 4 aliphatic rings. The van der Waals surface area contributed by atoms with Gasteiger partial charge in [-0.3, -0.25) is 9.67 Å². The number of nitrogens with zero attached hydrogens (tertiary/aromatic N) is 3. The third-order valence-corrected chi connectivity index (χ3v) is 8.26. The lowest BCUT2D eigenvalue weighted by Crippen LogP contribution is -2.47. The Morgan fingerprint density at radius 1 is 1.07 bits per heavy atom. The molecule has 2 saturated carbocycles. The molecule has 0 aromatic carbocycles. The van der Waals surface area contributed by atoms with E-state index < -0.39 is 0 Å². The fraction of sp³-hybridized carbons (Fsp3) is 0.667. The summed E-state index contributed by atoms with van der Waals surface area (Å²) in [6.45, 7) is 1.90. The first kappa shape index (κ1) is 18.1. The molecule has 4 heterocycles. The van der Waals surface area contributed by atoms with Gasteiger partial charge >= 0.3 is 0 Å². The molecule has 1 saturated heterocycles. The van der Waals surface area contributed by atoms with Crippen LogP contribution in [0.25, 0.3) is 0 Å². The van der Waals surface area contributed by atoms with E-state index in [2.05, 4.69) is 33.3 Å². The van der Waals surface area contributed by atoms with Crippen molar-refractivity contribution in [3.63, 3.8) is 0 Å². The van der Waals surface area contributed by atoms with Crippen molar-refractivity contribution in [1.29, 1.82) is 0 Å². The van der Waals surface area contributed by atoms with Crippen LogP contribution < -0.4 is 5.32 Å². The molecule has 0 radical (unpaired) electrons. The summed E-state index contributed by atoms with van der Waals surface area (Å²) in [6, 6.07) is 9.09. The Kier molecular flexibility index (Phi) is 4.14. The van der Waals surface area contributed by atoms with Gasteiger partial charge in [-0.15, -0.1) is 0 Å². The Balaban J connectivity index is 1.21. The van der Waals surface area contributed by atoms with Gasteiger partial charge in [0.1, 0.15) is 0 Å². The number of hydrogen-bond donors (Lipinski definition) is 1. The Labute approximate surface area is 173 Å². The molecule has 1 unspecified atom stereocenters. The van der Waals surface area contributed by atoms with Gasteiger partial charge in [0.2, 0.25) is 0 Å². The molecule has 154 valence electrons. The maximum atomic E-state index is 6.39. The second-order valence-corrected chi connectivity index (χ2v) is 10.0. The standard InChI is InChI=1S/C24H32N4O/c1-4-13-26-21(5-1)22(12-16-29-24(18-22)7-2-3-8-24)11-15-25-19-17-23(9-10-23)28-20(19)6-14-27-28/h1,4-6,13-14,19,25H,2-3,7-12,15-18H2/t19?,22-/m1/s1. The van der Waals surface area contributed by atoms with Gasteiger partial charge in [0.15, 0.2) is 0 Å². The van der Waals surface area contributed by atoms with Gasteiger partial charge in [0, 0.05) is 30.1 Å². The van der Waals surface area contributed by atoms with Crippen LogP contribution in [0, 0.1) is 0 Å². The molecule has 2 spiro atoms. The minimum atomic E-state index is 0.0970. The number of ether oxygens (including phenoxy) is 1. The number of pyridine rings is 1. The van der Waals surface area contributed by atoms with Gasteiger partial charge in [-0.05, 0) is 76.1 Å². The predicted octanol–water partition coefficient (Wildman–Crippen LogP) is 4.25. The zero-order valence-corrected chi connectivity index (χ0v) is 17.3. The SMILES string of the molecule is c1ccc([C@]2(CCNC3CC4(CC4)n4nccc43)CCOC3(CCCC3)C2)nc1. The van der Waals surface area contributed by atoms with Crippen LogP contribution in [0.4, 0.5) is 0 Å². The molecule has 2 aromatic rings. The number of hydrogen-bond acceptors (Lipinski definition) is 4. The average Bonchev–Trinajstić information content (AvgIpc) is 3.07. The summed E-state index contributed by atoms with van der Waals surface area (Å²) in [5, 5.41) is 8.53. The molecule has 29 heavy (non-hydrogen) atoms. The van der Waals surface area contributed by atoms with E-state index in [1.165, 1.54) is 56.3 Å². The van der Waals surface area contributed by atoms with E-state index in [-0.39, 0.29) is 11.0 Å². The predicted molar refractivity (Wildman–Crippen MR) is 112 cm³/mol. The molecule has 5 nitrogen and oxygen atoms in total. The van der Waals surface area contributed by atoms with Crippen molar-refractivity contribution < 1.29 is 4.74 Å². The molecule has 1 N–H and O–H groups in total. The van der Waals surface area contributed by atoms with Crippen LogP contribution in [-0.2, 0) is 15.7 Å². The van der Waals surface area contributed by atoms with Crippen molar-refractivity contribution in [1.82, 2.24) is 20.1 Å². The lowest BCUT2D eigenvalue weighted by molar-refractivity contribution is -0.104. The molecule has 2 aliphatic heterocycles. The number of nitrogens with one attached hydrogen (secondary N) is 1. The van der Waals surface area contributed by atoms with E-state index in [9.17, 15) is 0 Å². The van der Waals surface area contributed by atoms with Crippen LogP contribution in [-0.4, -0.2) is 33.5 Å². The van der Waals surface area contributed by atoms with Crippen LogP contribution in [0.1, 0.15) is 81.6 Å². The number of rotatable bonds is 5. The van der Waals surface area contributed by atoms with Crippen LogP contribution in [0.3, 0.4) is 0 Å². The van der Waals surface area contributed by atoms with Gasteiger partial charge in [-0.1, -0.05) is 18.9 Å². The second-order valence-electron chi connectivity index (χ2n) is 10.0. The smallest absolute Gasteiger partial charge is 0.0691 e. The topological polar surface area (TPSA) is 52.0 Å². The highest BCUT2D eigenvalue weighted by molar-refractivity contribution is 5.23. The molecule has 2 aromatic heterocycles. The molecular weight excluding hydrogens is 360 g/mol. The Hall–Kier alpha value is -1.72. The highest BCUT2D eigenvalue weighted by atomic mass is 16.5. The molecule has 2 aliphatic carbocycles.